The van der Waals surface area contributed by atoms with Crippen molar-refractivity contribution in [1.82, 2.24) is 0 Å². The molecule has 56 valence electrons. The molecule has 0 bridgehead atoms. The van der Waals surface area contributed by atoms with Gasteiger partial charge in [-0.3, -0.25) is 4.79 Å². The van der Waals surface area contributed by atoms with Gasteiger partial charge in [0.15, 0.2) is 0 Å². The van der Waals surface area contributed by atoms with Gasteiger partial charge >= 0.3 is 12.6 Å². The summed E-state index contributed by atoms with van der Waals surface area (Å²) in [5.41, 5.74) is 0. The molecule has 0 aromatic carbocycles. The molecule has 0 rings (SSSR count). The molecule has 0 saturated carbocycles. The molecule has 0 radical (unpaired) electrons. The summed E-state index contributed by atoms with van der Waals surface area (Å²) >= 11 is 0. The van der Waals surface area contributed by atoms with E-state index in [1.807, 2.05) is 0 Å². The van der Waals surface area contributed by atoms with Gasteiger partial charge < -0.3 is 4.74 Å². The van der Waals surface area contributed by atoms with Crippen LogP contribution >= 0.6 is 0 Å². The van der Waals surface area contributed by atoms with Crippen LogP contribution in [0.25, 0.3) is 0 Å². The van der Waals surface area contributed by atoms with Crippen molar-refractivity contribution >= 4 is 5.97 Å². The van der Waals surface area contributed by atoms with Crippen molar-refractivity contribution < 1.29 is 22.7 Å². The molecule has 0 N–H and O–H groups in total. The molecule has 9 heavy (non-hydrogen) atoms. The van der Waals surface area contributed by atoms with E-state index in [4.69, 9.17) is 0 Å². The lowest BCUT2D eigenvalue weighted by atomic mass is 10.8. The van der Waals surface area contributed by atoms with E-state index in [0.29, 0.717) is 0 Å². The highest BCUT2D eigenvalue weighted by Gasteiger charge is 1.86. The summed E-state index contributed by atoms with van der Waals surface area (Å²) in [7, 11) is 1.35. The third-order valence-electron chi connectivity index (χ3n) is 0.287. The van der Waals surface area contributed by atoms with E-state index in [2.05, 4.69) is 4.74 Å². The van der Waals surface area contributed by atoms with Gasteiger partial charge in [0.2, 0.25) is 0 Å². The summed E-state index contributed by atoms with van der Waals surface area (Å²) in [6, 6.07) is 0. The van der Waals surface area contributed by atoms with Gasteiger partial charge in [-0.1, -0.05) is 0 Å². The van der Waals surface area contributed by atoms with Gasteiger partial charge in [0.25, 0.3) is 0 Å². The van der Waals surface area contributed by atoms with Crippen molar-refractivity contribution in [2.75, 3.05) is 7.11 Å². The first-order chi connectivity index (χ1) is 4.00. The molecule has 0 aromatic rings. The predicted octanol–water partition coefficient (Wildman–Crippen LogP) is 1.36. The van der Waals surface area contributed by atoms with E-state index in [-0.39, 0.29) is 5.97 Å². The zero-order chi connectivity index (χ0) is 7.86. The summed E-state index contributed by atoms with van der Waals surface area (Å²) in [4.78, 5) is 9.59. The zero-order valence-corrected chi connectivity index (χ0v) is 5.03. The Labute approximate surface area is 50.6 Å². The van der Waals surface area contributed by atoms with E-state index in [0.717, 1.165) is 0 Å². The van der Waals surface area contributed by atoms with Crippen LogP contribution in [0.3, 0.4) is 0 Å². The lowest BCUT2D eigenvalue weighted by Gasteiger charge is -1.80. The number of alkyl halides is 3. The molecule has 0 saturated heterocycles. The minimum Gasteiger partial charge on any atom is -0.469 e. The summed E-state index contributed by atoms with van der Waals surface area (Å²) in [5, 5.41) is 0. The Morgan fingerprint density at radius 2 is 1.56 bits per heavy atom. The van der Waals surface area contributed by atoms with Gasteiger partial charge in [-0.2, -0.15) is 13.2 Å². The van der Waals surface area contributed by atoms with Crippen LogP contribution in [0.15, 0.2) is 0 Å². The Balaban J connectivity index is 0. The second kappa shape index (κ2) is 7.26. The fourth-order valence-electron chi connectivity index (χ4n) is 0. The molecular weight excluding hydrogens is 137 g/mol. The number of ether oxygens (including phenoxy) is 1. The smallest absolute Gasteiger partial charge is 0.379 e. The summed E-state index contributed by atoms with van der Waals surface area (Å²) in [6.07, 6.45) is 0. The average Bonchev–Trinajstić information content (AvgIpc) is 1.65. The highest BCUT2D eigenvalue weighted by atomic mass is 19.4. The van der Waals surface area contributed by atoms with E-state index >= 15 is 0 Å². The van der Waals surface area contributed by atoms with Crippen molar-refractivity contribution in [1.29, 1.82) is 0 Å². The Morgan fingerprint density at radius 3 is 1.56 bits per heavy atom. The maximum absolute atomic E-state index is 9.67. The molecule has 0 amide bonds. The third-order valence-corrected chi connectivity index (χ3v) is 0.287. The van der Waals surface area contributed by atoms with Crippen LogP contribution in [-0.2, 0) is 9.53 Å². The van der Waals surface area contributed by atoms with Crippen molar-refractivity contribution in [3.63, 3.8) is 0 Å². The van der Waals surface area contributed by atoms with Gasteiger partial charge in [-0.25, -0.2) is 0 Å². The maximum Gasteiger partial charge on any atom is 0.379 e. The van der Waals surface area contributed by atoms with Gasteiger partial charge in [0.1, 0.15) is 0 Å². The van der Waals surface area contributed by atoms with Gasteiger partial charge in [-0.15, -0.1) is 0 Å². The fourth-order valence-corrected chi connectivity index (χ4v) is 0. The van der Waals surface area contributed by atoms with Crippen LogP contribution < -0.4 is 0 Å². The highest BCUT2D eigenvalue weighted by Crippen LogP contribution is 1.87. The van der Waals surface area contributed by atoms with Gasteiger partial charge in [0, 0.05) is 6.92 Å². The molecule has 0 aliphatic carbocycles. The van der Waals surface area contributed by atoms with Crippen LogP contribution in [0, 0.1) is 0 Å². The van der Waals surface area contributed by atoms with E-state index in [1.54, 1.807) is 0 Å². The van der Waals surface area contributed by atoms with E-state index in [1.165, 1.54) is 14.0 Å². The first-order valence-corrected chi connectivity index (χ1v) is 1.97. The Bertz CT molecular complexity index is 71.5. The monoisotopic (exact) mass is 144 g/mol. The molecule has 0 unspecified atom stereocenters. The summed E-state index contributed by atoms with van der Waals surface area (Å²) < 4.78 is 33.1. The average molecular weight is 144 g/mol. The minimum atomic E-state index is -3.67. The predicted molar refractivity (Wildman–Crippen MR) is 24.8 cm³/mol. The number of esters is 1. The fraction of sp³-hybridized carbons (Fsp3) is 0.750. The van der Waals surface area contributed by atoms with Crippen LogP contribution in [0.5, 0.6) is 0 Å². The van der Waals surface area contributed by atoms with Crippen LogP contribution in [-0.4, -0.2) is 19.8 Å². The zero-order valence-electron chi connectivity index (χ0n) is 5.03. The van der Waals surface area contributed by atoms with Crippen LogP contribution in [0.4, 0.5) is 13.2 Å². The number of hydrogen-bond donors (Lipinski definition) is 0. The molecular formula is C4H7F3O2. The molecule has 0 aliphatic heterocycles. The van der Waals surface area contributed by atoms with Crippen molar-refractivity contribution in [3.8, 4) is 0 Å². The Hall–Kier alpha value is -0.740. The lowest BCUT2D eigenvalue weighted by Crippen LogP contribution is -1.88. The van der Waals surface area contributed by atoms with Crippen LogP contribution in [0.1, 0.15) is 6.92 Å². The standard InChI is InChI=1S/C3H6O2.CHF3/c1-3(4)5-2;2-1(3)4/h1-2H3;1H. The van der Waals surface area contributed by atoms with Crippen molar-refractivity contribution in [2.45, 2.75) is 13.6 Å². The van der Waals surface area contributed by atoms with E-state index in [9.17, 15) is 18.0 Å². The number of hydrogen-bond acceptors (Lipinski definition) is 2. The largest absolute Gasteiger partial charge is 0.469 e. The number of carbonyl (C=O) groups excluding carboxylic acids is 1. The van der Waals surface area contributed by atoms with Gasteiger partial charge in [0.05, 0.1) is 7.11 Å². The van der Waals surface area contributed by atoms with E-state index < -0.39 is 6.68 Å². The first kappa shape index (κ1) is 11.1. The number of rotatable bonds is 0. The normalized spacial score (nSPS) is 7.78. The van der Waals surface area contributed by atoms with Crippen molar-refractivity contribution in [2.24, 2.45) is 0 Å². The molecule has 0 spiro atoms. The Morgan fingerprint density at radius 1 is 1.44 bits per heavy atom. The first-order valence-electron chi connectivity index (χ1n) is 1.97. The second-order valence-corrected chi connectivity index (χ2v) is 0.943. The topological polar surface area (TPSA) is 26.3 Å². The highest BCUT2D eigenvalue weighted by molar-refractivity contribution is 5.65. The molecule has 0 aromatic heterocycles. The summed E-state index contributed by atoms with van der Waals surface area (Å²) in [5.74, 6) is -0.245. The molecule has 2 nitrogen and oxygen atoms in total. The second-order valence-electron chi connectivity index (χ2n) is 0.943. The van der Waals surface area contributed by atoms with Crippen molar-refractivity contribution in [3.05, 3.63) is 0 Å². The molecule has 0 heterocycles. The maximum atomic E-state index is 9.67. The SMILES string of the molecule is COC(C)=O.FC(F)F. The van der Waals surface area contributed by atoms with Crippen LogP contribution in [0.2, 0.25) is 0 Å². The molecule has 5 heteroatoms. The lowest BCUT2D eigenvalue weighted by molar-refractivity contribution is -0.137. The summed E-state index contributed by atoms with van der Waals surface area (Å²) in [6.45, 7) is -2.31. The molecule has 0 atom stereocenters. The molecule has 0 aliphatic rings. The number of carbonyl (C=O) groups is 1. The van der Waals surface area contributed by atoms with Gasteiger partial charge in [-0.05, 0) is 0 Å². The number of halogens is 3. The molecule has 0 fully saturated rings. The minimum absolute atomic E-state index is 0.245. The Kier molecular flexibility index (Phi) is 8.96. The number of methoxy groups -OCH3 is 1. The third kappa shape index (κ3) is 127. The quantitative estimate of drug-likeness (QED) is 0.480.